The van der Waals surface area contributed by atoms with E-state index in [4.69, 9.17) is 4.74 Å². The molecule has 72 valence electrons. The SMILES string of the molecule is COc1cc2cc(Br)ccc2nc1C. The Hall–Kier alpha value is -1.09. The van der Waals surface area contributed by atoms with Gasteiger partial charge >= 0.3 is 0 Å². The Bertz CT molecular complexity index is 482. The zero-order chi connectivity index (χ0) is 10.1. The molecule has 3 heteroatoms. The molecule has 1 heterocycles. The molecule has 0 aliphatic rings. The normalized spacial score (nSPS) is 10.5. The molecule has 0 fully saturated rings. The average Bonchev–Trinajstić information content (AvgIpc) is 2.17. The molecule has 2 rings (SSSR count). The molecule has 0 saturated carbocycles. The molecule has 0 saturated heterocycles. The molecule has 0 amide bonds. The zero-order valence-corrected chi connectivity index (χ0v) is 9.63. The predicted octanol–water partition coefficient (Wildman–Crippen LogP) is 3.31. The van der Waals surface area contributed by atoms with Crippen molar-refractivity contribution in [2.75, 3.05) is 7.11 Å². The molecule has 0 aliphatic carbocycles. The molecule has 2 nitrogen and oxygen atoms in total. The molecular weight excluding hydrogens is 242 g/mol. The molecule has 1 aromatic heterocycles. The van der Waals surface area contributed by atoms with E-state index < -0.39 is 0 Å². The van der Waals surface area contributed by atoms with Crippen LogP contribution in [0.1, 0.15) is 5.69 Å². The van der Waals surface area contributed by atoms with Gasteiger partial charge in [-0.3, -0.25) is 0 Å². The quantitative estimate of drug-likeness (QED) is 0.776. The highest BCUT2D eigenvalue weighted by Gasteiger charge is 2.02. The Morgan fingerprint density at radius 1 is 1.29 bits per heavy atom. The number of methoxy groups -OCH3 is 1. The van der Waals surface area contributed by atoms with Gasteiger partial charge < -0.3 is 4.74 Å². The number of aromatic nitrogens is 1. The first-order valence-corrected chi connectivity index (χ1v) is 5.11. The zero-order valence-electron chi connectivity index (χ0n) is 8.04. The summed E-state index contributed by atoms with van der Waals surface area (Å²) in [4.78, 5) is 4.44. The first kappa shape index (κ1) is 9.46. The fourth-order valence-electron chi connectivity index (χ4n) is 1.43. The molecule has 0 radical (unpaired) electrons. The maximum absolute atomic E-state index is 5.22. The van der Waals surface area contributed by atoms with Crippen LogP contribution in [-0.2, 0) is 0 Å². The average molecular weight is 252 g/mol. The Balaban J connectivity index is 2.73. The molecule has 0 spiro atoms. The van der Waals surface area contributed by atoms with Gasteiger partial charge in [0.15, 0.2) is 0 Å². The lowest BCUT2D eigenvalue weighted by Crippen LogP contribution is -1.91. The summed E-state index contributed by atoms with van der Waals surface area (Å²) in [6.45, 7) is 1.94. The van der Waals surface area contributed by atoms with Crippen LogP contribution in [0.5, 0.6) is 5.75 Å². The van der Waals surface area contributed by atoms with E-state index in [1.165, 1.54) is 0 Å². The van der Waals surface area contributed by atoms with Crippen LogP contribution in [0.3, 0.4) is 0 Å². The minimum atomic E-state index is 0.829. The van der Waals surface area contributed by atoms with Gasteiger partial charge in [0.25, 0.3) is 0 Å². The first-order chi connectivity index (χ1) is 6.70. The van der Waals surface area contributed by atoms with E-state index in [0.29, 0.717) is 0 Å². The largest absolute Gasteiger partial charge is 0.495 e. The van der Waals surface area contributed by atoms with E-state index in [1.807, 2.05) is 31.2 Å². The molecule has 0 N–H and O–H groups in total. The van der Waals surface area contributed by atoms with Gasteiger partial charge in [-0.25, -0.2) is 4.98 Å². The number of aryl methyl sites for hydroxylation is 1. The number of rotatable bonds is 1. The number of halogens is 1. The second-order valence-electron chi connectivity index (χ2n) is 3.11. The van der Waals surface area contributed by atoms with E-state index in [1.54, 1.807) is 7.11 Å². The van der Waals surface area contributed by atoms with Crippen LogP contribution in [0.25, 0.3) is 10.9 Å². The summed E-state index contributed by atoms with van der Waals surface area (Å²) in [6, 6.07) is 8.01. The van der Waals surface area contributed by atoms with Crippen LogP contribution in [-0.4, -0.2) is 12.1 Å². The third-order valence-electron chi connectivity index (χ3n) is 2.14. The monoisotopic (exact) mass is 251 g/mol. The Kier molecular flexibility index (Phi) is 2.42. The standard InChI is InChI=1S/C11H10BrNO/c1-7-11(14-2)6-8-5-9(12)3-4-10(8)13-7/h3-6H,1-2H3. The molecule has 0 bridgehead atoms. The highest BCUT2D eigenvalue weighted by molar-refractivity contribution is 9.10. The third-order valence-corrected chi connectivity index (χ3v) is 2.63. The van der Waals surface area contributed by atoms with Crippen molar-refractivity contribution in [3.8, 4) is 5.75 Å². The highest BCUT2D eigenvalue weighted by Crippen LogP contribution is 2.24. The van der Waals surface area contributed by atoms with Gasteiger partial charge in [0, 0.05) is 9.86 Å². The summed E-state index contributed by atoms with van der Waals surface area (Å²) in [5, 5.41) is 1.09. The molecular formula is C11H10BrNO. The van der Waals surface area contributed by atoms with Crippen molar-refractivity contribution in [3.63, 3.8) is 0 Å². The van der Waals surface area contributed by atoms with Crippen LogP contribution in [0.2, 0.25) is 0 Å². The number of hydrogen-bond donors (Lipinski definition) is 0. The maximum Gasteiger partial charge on any atom is 0.140 e. The first-order valence-electron chi connectivity index (χ1n) is 4.31. The fraction of sp³-hybridized carbons (Fsp3) is 0.182. The van der Waals surface area contributed by atoms with Crippen molar-refractivity contribution in [2.24, 2.45) is 0 Å². The predicted molar refractivity (Wildman–Crippen MR) is 60.7 cm³/mol. The Morgan fingerprint density at radius 3 is 2.79 bits per heavy atom. The number of ether oxygens (including phenoxy) is 1. The summed E-state index contributed by atoms with van der Waals surface area (Å²) in [5.41, 5.74) is 1.91. The minimum absolute atomic E-state index is 0.829. The van der Waals surface area contributed by atoms with Crippen molar-refractivity contribution in [1.29, 1.82) is 0 Å². The topological polar surface area (TPSA) is 22.1 Å². The van der Waals surface area contributed by atoms with E-state index in [-0.39, 0.29) is 0 Å². The van der Waals surface area contributed by atoms with Crippen molar-refractivity contribution in [3.05, 3.63) is 34.4 Å². The van der Waals surface area contributed by atoms with E-state index >= 15 is 0 Å². The van der Waals surface area contributed by atoms with Crippen LogP contribution in [0, 0.1) is 6.92 Å². The van der Waals surface area contributed by atoms with Crippen LogP contribution in [0.4, 0.5) is 0 Å². The summed E-state index contributed by atoms with van der Waals surface area (Å²) < 4.78 is 6.27. The molecule has 0 aliphatic heterocycles. The van der Waals surface area contributed by atoms with Crippen LogP contribution in [0.15, 0.2) is 28.7 Å². The fourth-order valence-corrected chi connectivity index (χ4v) is 1.81. The number of hydrogen-bond acceptors (Lipinski definition) is 2. The summed E-state index contributed by atoms with van der Waals surface area (Å²) in [5.74, 6) is 0.829. The van der Waals surface area contributed by atoms with Crippen molar-refractivity contribution in [1.82, 2.24) is 4.98 Å². The number of benzene rings is 1. The summed E-state index contributed by atoms with van der Waals surface area (Å²) in [7, 11) is 1.66. The van der Waals surface area contributed by atoms with Crippen LogP contribution >= 0.6 is 15.9 Å². The molecule has 14 heavy (non-hydrogen) atoms. The molecule has 2 aromatic rings. The number of fused-ring (bicyclic) bond motifs is 1. The minimum Gasteiger partial charge on any atom is -0.495 e. The van der Waals surface area contributed by atoms with E-state index in [9.17, 15) is 0 Å². The van der Waals surface area contributed by atoms with Gasteiger partial charge in [0.2, 0.25) is 0 Å². The number of pyridine rings is 1. The third kappa shape index (κ3) is 1.60. The lowest BCUT2D eigenvalue weighted by molar-refractivity contribution is 0.410. The second kappa shape index (κ2) is 3.58. The van der Waals surface area contributed by atoms with Crippen molar-refractivity contribution in [2.45, 2.75) is 6.92 Å². The smallest absolute Gasteiger partial charge is 0.140 e. The van der Waals surface area contributed by atoms with Gasteiger partial charge in [-0.05, 0) is 31.2 Å². The lowest BCUT2D eigenvalue weighted by atomic mass is 10.2. The Labute approximate surface area is 91.0 Å². The summed E-state index contributed by atoms with van der Waals surface area (Å²) in [6.07, 6.45) is 0. The van der Waals surface area contributed by atoms with Gasteiger partial charge in [0.1, 0.15) is 5.75 Å². The van der Waals surface area contributed by atoms with Gasteiger partial charge in [-0.1, -0.05) is 15.9 Å². The van der Waals surface area contributed by atoms with Gasteiger partial charge in [-0.2, -0.15) is 0 Å². The van der Waals surface area contributed by atoms with Crippen LogP contribution < -0.4 is 4.74 Å². The Morgan fingerprint density at radius 2 is 2.07 bits per heavy atom. The van der Waals surface area contributed by atoms with E-state index in [2.05, 4.69) is 20.9 Å². The second-order valence-corrected chi connectivity index (χ2v) is 4.03. The number of nitrogens with zero attached hydrogens (tertiary/aromatic N) is 1. The van der Waals surface area contributed by atoms with Gasteiger partial charge in [-0.15, -0.1) is 0 Å². The molecule has 1 aromatic carbocycles. The summed E-state index contributed by atoms with van der Waals surface area (Å²) >= 11 is 3.43. The maximum atomic E-state index is 5.22. The highest BCUT2D eigenvalue weighted by atomic mass is 79.9. The van der Waals surface area contributed by atoms with Gasteiger partial charge in [0.05, 0.1) is 18.3 Å². The van der Waals surface area contributed by atoms with Crippen molar-refractivity contribution >= 4 is 26.8 Å². The van der Waals surface area contributed by atoms with E-state index in [0.717, 1.165) is 26.8 Å². The molecule has 0 unspecified atom stereocenters. The van der Waals surface area contributed by atoms with Crippen molar-refractivity contribution < 1.29 is 4.74 Å². The lowest BCUT2D eigenvalue weighted by Gasteiger charge is -2.05. The molecule has 0 atom stereocenters.